The maximum atomic E-state index is 11.6. The molecule has 1 amide bonds. The average molecular weight is 326 g/mol. The molecule has 21 heavy (non-hydrogen) atoms. The van der Waals surface area contributed by atoms with Crippen LogP contribution in [0.2, 0.25) is 5.02 Å². The average Bonchev–Trinajstić information content (AvgIpc) is 2.99. The van der Waals surface area contributed by atoms with Crippen LogP contribution in [0.3, 0.4) is 0 Å². The minimum absolute atomic E-state index is 0.161. The van der Waals surface area contributed by atoms with E-state index in [0.29, 0.717) is 10.8 Å². The number of carbonyl (C=O) groups excluding carboxylic acids is 1. The number of amides is 1. The summed E-state index contributed by atoms with van der Waals surface area (Å²) in [5, 5.41) is 16.9. The van der Waals surface area contributed by atoms with Crippen molar-refractivity contribution in [3.05, 3.63) is 51.7 Å². The van der Waals surface area contributed by atoms with Crippen molar-refractivity contribution in [2.45, 2.75) is 12.5 Å². The highest BCUT2D eigenvalue weighted by molar-refractivity contribution is 7.07. The fourth-order valence-electron chi connectivity index (χ4n) is 1.70. The van der Waals surface area contributed by atoms with Crippen LogP contribution in [-0.4, -0.2) is 24.2 Å². The van der Waals surface area contributed by atoms with Crippen molar-refractivity contribution in [1.82, 2.24) is 5.32 Å². The third kappa shape index (κ3) is 5.38. The molecular formula is C15H16ClNO3S. The van der Waals surface area contributed by atoms with Gasteiger partial charge in [0.15, 0.2) is 0 Å². The summed E-state index contributed by atoms with van der Waals surface area (Å²) < 4.78 is 5.43. The van der Waals surface area contributed by atoms with Crippen LogP contribution < -0.4 is 10.1 Å². The molecule has 6 heteroatoms. The SMILES string of the molecule is O=C(CCOc1cccc(Cl)c1)NCC(O)c1ccsc1. The maximum Gasteiger partial charge on any atom is 0.223 e. The van der Waals surface area contributed by atoms with E-state index in [1.807, 2.05) is 16.8 Å². The van der Waals surface area contributed by atoms with E-state index in [4.69, 9.17) is 16.3 Å². The Morgan fingerprint density at radius 3 is 3.00 bits per heavy atom. The molecule has 0 saturated carbocycles. The molecule has 1 heterocycles. The van der Waals surface area contributed by atoms with Crippen LogP contribution in [0.15, 0.2) is 41.1 Å². The minimum Gasteiger partial charge on any atom is -0.493 e. The molecule has 0 radical (unpaired) electrons. The summed E-state index contributed by atoms with van der Waals surface area (Å²) in [4.78, 5) is 11.6. The number of halogens is 1. The lowest BCUT2D eigenvalue weighted by molar-refractivity contribution is -0.122. The van der Waals surface area contributed by atoms with Crippen LogP contribution in [0.4, 0.5) is 0 Å². The number of ether oxygens (including phenoxy) is 1. The molecule has 0 aliphatic carbocycles. The molecule has 0 aliphatic rings. The summed E-state index contributed by atoms with van der Waals surface area (Å²) in [6, 6.07) is 8.86. The lowest BCUT2D eigenvalue weighted by Crippen LogP contribution is -2.29. The fourth-order valence-corrected chi connectivity index (χ4v) is 2.59. The number of rotatable bonds is 7. The summed E-state index contributed by atoms with van der Waals surface area (Å²) in [5.41, 5.74) is 0.815. The number of hydrogen-bond donors (Lipinski definition) is 2. The largest absolute Gasteiger partial charge is 0.493 e. The predicted molar refractivity (Wildman–Crippen MR) is 83.9 cm³/mol. The van der Waals surface area contributed by atoms with Crippen LogP contribution in [0, 0.1) is 0 Å². The van der Waals surface area contributed by atoms with E-state index >= 15 is 0 Å². The normalized spacial score (nSPS) is 11.9. The molecule has 2 rings (SSSR count). The zero-order valence-electron chi connectivity index (χ0n) is 11.3. The summed E-state index contributed by atoms with van der Waals surface area (Å²) in [6.45, 7) is 0.466. The Hall–Kier alpha value is -1.56. The Kier molecular flexibility index (Phi) is 6.04. The molecule has 1 aromatic heterocycles. The van der Waals surface area contributed by atoms with Crippen molar-refractivity contribution in [3.8, 4) is 5.75 Å². The number of benzene rings is 1. The number of hydrogen-bond acceptors (Lipinski definition) is 4. The highest BCUT2D eigenvalue weighted by Gasteiger charge is 2.09. The lowest BCUT2D eigenvalue weighted by Gasteiger charge is -2.11. The van der Waals surface area contributed by atoms with Crippen LogP contribution in [0.1, 0.15) is 18.1 Å². The third-order valence-corrected chi connectivity index (χ3v) is 3.75. The van der Waals surface area contributed by atoms with Gasteiger partial charge in [-0.1, -0.05) is 17.7 Å². The first-order chi connectivity index (χ1) is 10.1. The Labute approximate surface area is 132 Å². The zero-order chi connectivity index (χ0) is 15.1. The van der Waals surface area contributed by atoms with Gasteiger partial charge >= 0.3 is 0 Å². The smallest absolute Gasteiger partial charge is 0.223 e. The van der Waals surface area contributed by atoms with Crippen LogP contribution >= 0.6 is 22.9 Å². The van der Waals surface area contributed by atoms with Crippen molar-refractivity contribution in [1.29, 1.82) is 0 Å². The number of thiophene rings is 1. The van der Waals surface area contributed by atoms with Gasteiger partial charge in [-0.3, -0.25) is 4.79 Å². The number of nitrogens with one attached hydrogen (secondary N) is 1. The lowest BCUT2D eigenvalue weighted by atomic mass is 10.2. The van der Waals surface area contributed by atoms with Gasteiger partial charge in [0, 0.05) is 11.6 Å². The van der Waals surface area contributed by atoms with Crippen molar-refractivity contribution in [3.63, 3.8) is 0 Å². The standard InChI is InChI=1S/C15H16ClNO3S/c16-12-2-1-3-13(8-12)20-6-4-15(19)17-9-14(18)11-5-7-21-10-11/h1-3,5,7-8,10,14,18H,4,6,9H2,(H,17,19). The van der Waals surface area contributed by atoms with Crippen LogP contribution in [-0.2, 0) is 4.79 Å². The van der Waals surface area contributed by atoms with Gasteiger partial charge in [-0.2, -0.15) is 11.3 Å². The molecular weight excluding hydrogens is 310 g/mol. The minimum atomic E-state index is -0.672. The van der Waals surface area contributed by atoms with E-state index in [-0.39, 0.29) is 25.5 Å². The topological polar surface area (TPSA) is 58.6 Å². The fraction of sp³-hybridized carbons (Fsp3) is 0.267. The molecule has 0 spiro atoms. The third-order valence-electron chi connectivity index (χ3n) is 2.81. The second kappa shape index (κ2) is 8.02. The Morgan fingerprint density at radius 1 is 1.43 bits per heavy atom. The molecule has 2 N–H and O–H groups in total. The van der Waals surface area contributed by atoms with E-state index in [1.54, 1.807) is 24.3 Å². The summed E-state index contributed by atoms with van der Waals surface area (Å²) in [7, 11) is 0. The van der Waals surface area contributed by atoms with Gasteiger partial charge < -0.3 is 15.2 Å². The van der Waals surface area contributed by atoms with Gasteiger partial charge in [0.25, 0.3) is 0 Å². The number of aliphatic hydroxyl groups is 1. The van der Waals surface area contributed by atoms with E-state index in [9.17, 15) is 9.90 Å². The molecule has 112 valence electrons. The quantitative estimate of drug-likeness (QED) is 0.822. The summed E-state index contributed by atoms with van der Waals surface area (Å²) in [6.07, 6.45) is -0.447. The monoisotopic (exact) mass is 325 g/mol. The Bertz CT molecular complexity index is 574. The van der Waals surface area contributed by atoms with E-state index in [0.717, 1.165) is 5.56 Å². The highest BCUT2D eigenvalue weighted by atomic mass is 35.5. The molecule has 4 nitrogen and oxygen atoms in total. The van der Waals surface area contributed by atoms with Gasteiger partial charge in [0.1, 0.15) is 5.75 Å². The van der Waals surface area contributed by atoms with Crippen molar-refractivity contribution < 1.29 is 14.6 Å². The predicted octanol–water partition coefficient (Wildman–Crippen LogP) is 3.02. The first-order valence-electron chi connectivity index (χ1n) is 6.50. The molecule has 2 aromatic rings. The highest BCUT2D eigenvalue weighted by Crippen LogP contribution is 2.17. The van der Waals surface area contributed by atoms with Gasteiger partial charge in [-0.05, 0) is 40.6 Å². The second-order valence-electron chi connectivity index (χ2n) is 4.43. The molecule has 1 unspecified atom stereocenters. The maximum absolute atomic E-state index is 11.6. The van der Waals surface area contributed by atoms with Crippen molar-refractivity contribution >= 4 is 28.8 Å². The van der Waals surface area contributed by atoms with Gasteiger partial charge in [0.05, 0.1) is 19.1 Å². The Morgan fingerprint density at radius 2 is 2.29 bits per heavy atom. The first kappa shape index (κ1) is 15.8. The Balaban J connectivity index is 1.66. The van der Waals surface area contributed by atoms with E-state index in [1.165, 1.54) is 11.3 Å². The summed E-state index contributed by atoms with van der Waals surface area (Å²) >= 11 is 7.34. The summed E-state index contributed by atoms with van der Waals surface area (Å²) in [5.74, 6) is 0.472. The molecule has 0 bridgehead atoms. The zero-order valence-corrected chi connectivity index (χ0v) is 12.9. The van der Waals surface area contributed by atoms with Crippen LogP contribution in [0.5, 0.6) is 5.75 Å². The van der Waals surface area contributed by atoms with Gasteiger partial charge in [0.2, 0.25) is 5.91 Å². The second-order valence-corrected chi connectivity index (χ2v) is 5.65. The molecule has 0 fully saturated rings. The van der Waals surface area contributed by atoms with Crippen molar-refractivity contribution in [2.24, 2.45) is 0 Å². The van der Waals surface area contributed by atoms with Crippen LogP contribution in [0.25, 0.3) is 0 Å². The van der Waals surface area contributed by atoms with Gasteiger partial charge in [-0.25, -0.2) is 0 Å². The van der Waals surface area contributed by atoms with Gasteiger partial charge in [-0.15, -0.1) is 0 Å². The van der Waals surface area contributed by atoms with Crippen molar-refractivity contribution in [2.75, 3.05) is 13.2 Å². The van der Waals surface area contributed by atoms with E-state index in [2.05, 4.69) is 5.32 Å². The molecule has 1 aromatic carbocycles. The number of carbonyl (C=O) groups is 1. The number of aliphatic hydroxyl groups excluding tert-OH is 1. The van der Waals surface area contributed by atoms with E-state index < -0.39 is 6.10 Å². The molecule has 1 atom stereocenters. The molecule has 0 aliphatic heterocycles. The first-order valence-corrected chi connectivity index (χ1v) is 7.82. The molecule has 0 saturated heterocycles.